The number of fused-ring (bicyclic) bond motifs is 20. The van der Waals surface area contributed by atoms with Crippen molar-refractivity contribution in [3.05, 3.63) is 117 Å². The number of halogens is 15. The van der Waals surface area contributed by atoms with Crippen LogP contribution in [0.1, 0.15) is 5.56 Å². The molecule has 8 aromatic rings. The highest BCUT2D eigenvalue weighted by molar-refractivity contribution is 6.13. The zero-order valence-electron chi connectivity index (χ0n) is 30.2. The number of anilines is 2. The predicted molar refractivity (Wildman–Crippen MR) is 190 cm³/mol. The Balaban J connectivity index is 1.49. The van der Waals surface area contributed by atoms with Gasteiger partial charge in [-0.2, -0.15) is 0 Å². The molecule has 2 aliphatic rings. The summed E-state index contributed by atoms with van der Waals surface area (Å²) in [5, 5.41) is -2.81. The maximum Gasteiger partial charge on any atom is 0.198 e. The number of rotatable bonds is 2. The van der Waals surface area contributed by atoms with Gasteiger partial charge in [0.1, 0.15) is 11.3 Å². The number of aromatic amines is 1. The van der Waals surface area contributed by atoms with Gasteiger partial charge >= 0.3 is 0 Å². The van der Waals surface area contributed by atoms with Gasteiger partial charge in [-0.1, -0.05) is 22.2 Å². The van der Waals surface area contributed by atoms with E-state index in [4.69, 9.17) is 0 Å². The lowest BCUT2D eigenvalue weighted by atomic mass is 10.1. The van der Waals surface area contributed by atoms with E-state index in [9.17, 15) is 26.3 Å². The number of aryl methyl sites for hydroxylation is 1. The molecule has 0 saturated heterocycles. The number of nitrogens with one attached hydrogen (secondary N) is 2. The minimum atomic E-state index is -2.61. The van der Waals surface area contributed by atoms with Crippen LogP contribution in [0.15, 0.2) is 30.3 Å². The maximum atomic E-state index is 16.6. The average molecular weight is 890 g/mol. The second kappa shape index (κ2) is 13.4. The SMILES string of the molecule is Cc1ccc(Nc2c(F)c(F)c(F)c3c4nc5nc(nc6c7c(F)c(F)c(F)c(F)c7c(nc7nc(nc([nH]4)c23)-c2c(F)c(F)c(F)c(F)c2-7)n6F)-c2c-5cc(F)c(F)c2F)cc1. The molecule has 0 radical (unpaired) electrons. The molecule has 0 saturated carbocycles. The van der Waals surface area contributed by atoms with Crippen LogP contribution >= 0.6 is 0 Å². The molecule has 0 aliphatic carbocycles. The Kier molecular flexibility index (Phi) is 8.34. The number of hydrogen-bond donors (Lipinski definition) is 2. The van der Waals surface area contributed by atoms with Crippen molar-refractivity contribution in [2.45, 2.75) is 6.92 Å². The Bertz CT molecular complexity index is 3630. The molecule has 0 spiro atoms. The first-order valence-electron chi connectivity index (χ1n) is 17.3. The largest absolute Gasteiger partial charge is 0.352 e. The van der Waals surface area contributed by atoms with E-state index in [2.05, 4.69) is 40.2 Å². The molecule has 9 nitrogen and oxygen atoms in total. The first-order chi connectivity index (χ1) is 29.9. The van der Waals surface area contributed by atoms with Crippen LogP contribution < -0.4 is 5.32 Å². The van der Waals surface area contributed by atoms with Crippen molar-refractivity contribution in [1.29, 1.82) is 0 Å². The van der Waals surface area contributed by atoms with Gasteiger partial charge in [0, 0.05) is 11.3 Å². The summed E-state index contributed by atoms with van der Waals surface area (Å²) in [4.78, 5) is 23.8. The molecule has 5 heterocycles. The number of nitrogens with zero attached hydrogens (tertiary/aromatic N) is 7. The van der Waals surface area contributed by atoms with Crippen molar-refractivity contribution < 1.29 is 65.9 Å². The summed E-state index contributed by atoms with van der Waals surface area (Å²) in [7, 11) is 0. The first-order valence-corrected chi connectivity index (χ1v) is 17.3. The first kappa shape index (κ1) is 39.4. The van der Waals surface area contributed by atoms with Gasteiger partial charge in [-0.05, 0) is 25.1 Å². The van der Waals surface area contributed by atoms with Crippen LogP contribution in [-0.4, -0.2) is 39.7 Å². The Labute approximate surface area is 336 Å². The van der Waals surface area contributed by atoms with E-state index in [1.165, 1.54) is 24.3 Å². The molecular weight excluding hydrogens is 879 g/mol. The summed E-state index contributed by atoms with van der Waals surface area (Å²) < 4.78 is 232. The van der Waals surface area contributed by atoms with Gasteiger partial charge < -0.3 is 10.3 Å². The molecule has 0 fully saturated rings. The van der Waals surface area contributed by atoms with Gasteiger partial charge in [-0.25, -0.2) is 91.4 Å². The van der Waals surface area contributed by atoms with E-state index in [1.54, 1.807) is 6.92 Å². The fourth-order valence-electron chi connectivity index (χ4n) is 7.18. The molecule has 8 bridgehead atoms. The Morgan fingerprint density at radius 1 is 0.444 bits per heavy atom. The summed E-state index contributed by atoms with van der Waals surface area (Å²) in [6, 6.07) is 5.95. The second-order valence-corrected chi connectivity index (χ2v) is 13.7. The van der Waals surface area contributed by atoms with Crippen LogP contribution in [0.3, 0.4) is 0 Å². The average Bonchev–Trinajstić information content (AvgIpc) is 3.98. The van der Waals surface area contributed by atoms with Crippen molar-refractivity contribution in [3.63, 3.8) is 0 Å². The predicted octanol–water partition coefficient (Wildman–Crippen LogP) is 11.1. The van der Waals surface area contributed by atoms with Crippen LogP contribution in [0.25, 0.3) is 89.7 Å². The molecule has 2 aliphatic heterocycles. The van der Waals surface area contributed by atoms with Gasteiger partial charge in [-0.15, -0.1) is 4.79 Å². The minimum absolute atomic E-state index is 0.00280. The third kappa shape index (κ3) is 5.35. The van der Waals surface area contributed by atoms with E-state index in [-0.39, 0.29) is 11.8 Å². The molecule has 5 aromatic carbocycles. The molecule has 0 unspecified atom stereocenters. The van der Waals surface area contributed by atoms with Crippen LogP contribution in [-0.2, 0) is 0 Å². The third-order valence-electron chi connectivity index (χ3n) is 10.1. The smallest absolute Gasteiger partial charge is 0.198 e. The van der Waals surface area contributed by atoms with Crippen molar-refractivity contribution in [3.8, 4) is 45.6 Å². The molecule has 3 aromatic heterocycles. The second-order valence-electron chi connectivity index (χ2n) is 13.7. The molecule has 2 N–H and O–H groups in total. The Hall–Kier alpha value is -7.79. The van der Waals surface area contributed by atoms with Crippen LogP contribution in [0, 0.1) is 88.4 Å². The number of H-pyrrole nitrogens is 1. The lowest BCUT2D eigenvalue weighted by molar-refractivity contribution is 0.398. The van der Waals surface area contributed by atoms with Crippen LogP contribution in [0.2, 0.25) is 0 Å². The van der Waals surface area contributed by atoms with E-state index in [1.807, 2.05) is 0 Å². The van der Waals surface area contributed by atoms with Crippen molar-refractivity contribution >= 4 is 55.5 Å². The summed E-state index contributed by atoms with van der Waals surface area (Å²) in [6.45, 7) is 1.66. The van der Waals surface area contributed by atoms with Gasteiger partial charge in [0.2, 0.25) is 0 Å². The number of benzene rings is 5. The van der Waals surface area contributed by atoms with Gasteiger partial charge in [-0.3, -0.25) is 0 Å². The highest BCUT2D eigenvalue weighted by Gasteiger charge is 2.36. The molecule has 10 rings (SSSR count). The van der Waals surface area contributed by atoms with E-state index < -0.39 is 182 Å². The minimum Gasteiger partial charge on any atom is -0.352 e. The van der Waals surface area contributed by atoms with Crippen molar-refractivity contribution in [1.82, 2.24) is 39.7 Å². The molecule has 63 heavy (non-hydrogen) atoms. The number of hydrogen-bond acceptors (Lipinski definition) is 7. The van der Waals surface area contributed by atoms with Crippen LogP contribution in [0.4, 0.5) is 77.3 Å². The quantitative estimate of drug-likeness (QED) is 0.101. The lowest BCUT2D eigenvalue weighted by Crippen LogP contribution is -2.02. The molecule has 24 heteroatoms. The van der Waals surface area contributed by atoms with Gasteiger partial charge in [0.15, 0.2) is 116 Å². The molecule has 0 atom stereocenters. The maximum absolute atomic E-state index is 16.6. The van der Waals surface area contributed by atoms with E-state index >= 15 is 39.6 Å². The monoisotopic (exact) mass is 889 g/mol. The van der Waals surface area contributed by atoms with Crippen LogP contribution in [0.5, 0.6) is 0 Å². The Morgan fingerprint density at radius 2 is 0.889 bits per heavy atom. The van der Waals surface area contributed by atoms with E-state index in [0.717, 1.165) is 0 Å². The fraction of sp³-hybridized carbons (Fsp3) is 0.0256. The van der Waals surface area contributed by atoms with Gasteiger partial charge in [0.25, 0.3) is 0 Å². The summed E-state index contributed by atoms with van der Waals surface area (Å²) >= 11 is 0. The fourth-order valence-corrected chi connectivity index (χ4v) is 7.18. The number of aromatic nitrogens is 8. The van der Waals surface area contributed by atoms with E-state index in [0.29, 0.717) is 5.56 Å². The zero-order chi connectivity index (χ0) is 44.8. The highest BCUT2D eigenvalue weighted by atomic mass is 19.2. The normalized spacial score (nSPS) is 12.1. The van der Waals surface area contributed by atoms with Crippen molar-refractivity contribution in [2.75, 3.05) is 5.32 Å². The molecule has 316 valence electrons. The molecular formula is C39H10F15N9. The molecule has 0 amide bonds. The third-order valence-corrected chi connectivity index (χ3v) is 10.1. The zero-order valence-corrected chi connectivity index (χ0v) is 30.2. The van der Waals surface area contributed by atoms with Gasteiger partial charge in [0.05, 0.1) is 43.9 Å². The standard InChI is InChI=1S/C39H10F15N9/c1-7-2-4-8(5-3-7)55-31-17-14(22(45)29(52)30(31)53)35-57-32-9-6-10(40)18(41)19(42)11(9)33(56-32)61-38-15-16(24(47)28(51)27(50)23(15)46)39(63(38)54)62-36-13-12(34(58-36)59-37(17)60-35)20(43)25(48)26(49)21(13)44/h2-6,55H,1H3,(H,56,57,58,59,60,61,62). The Morgan fingerprint density at radius 3 is 1.48 bits per heavy atom. The lowest BCUT2D eigenvalue weighted by Gasteiger charge is -2.11. The summed E-state index contributed by atoms with van der Waals surface area (Å²) in [6.07, 6.45) is 0. The van der Waals surface area contributed by atoms with Crippen molar-refractivity contribution in [2.24, 2.45) is 0 Å². The summed E-state index contributed by atoms with van der Waals surface area (Å²) in [5.74, 6) is -37.4. The topological polar surface area (TPSA) is 110 Å². The summed E-state index contributed by atoms with van der Waals surface area (Å²) in [5.41, 5.74) is -10.8. The highest BCUT2D eigenvalue weighted by Crippen LogP contribution is 2.45.